The second-order valence-electron chi connectivity index (χ2n) is 20.2. The summed E-state index contributed by atoms with van der Waals surface area (Å²) in [4.78, 5) is 95.0. The molecule has 8 rings (SSSR count). The number of nitrogens with zero attached hydrogens (tertiary/aromatic N) is 5. The van der Waals surface area contributed by atoms with Gasteiger partial charge in [-0.2, -0.15) is 0 Å². The summed E-state index contributed by atoms with van der Waals surface area (Å²) in [6.07, 6.45) is 13.1. The van der Waals surface area contributed by atoms with Crippen LogP contribution in [0.15, 0.2) is 122 Å². The van der Waals surface area contributed by atoms with Crippen LogP contribution in [0.3, 0.4) is 0 Å². The number of rotatable bonds is 19. The molecular weight excluding hydrogens is 1020 g/mol. The molecule has 6 amide bonds. The molecule has 6 heterocycles. The topological polar surface area (TPSA) is 269 Å². The zero-order chi connectivity index (χ0) is 58.8. The first-order chi connectivity index (χ1) is 39.2. The van der Waals surface area contributed by atoms with Gasteiger partial charge in [-0.25, -0.2) is 0 Å². The number of nitrogens with one attached hydrogen (secondary N) is 5. The standard InChI is InChI=1S/C29H34N6O4.C29H40N6O3.2C2H6/c1-19-5-3-4-6-23(19)24(30)17-27(36)35-18-22(39-21-9-13-33-14-10-21)16-26(35)29(38)34-25(28(37)31-2)15-20-7-11-32-12-8-20;1-19-5-3-4-6-23(19)24(30)17-27(36)35-18-22(21-9-13-33-14-10-21)16-26(35)29(38)34-25(28(37)31-2)15-20-7-11-32-12-8-20;2*1-2/h3-14,22,24-26H,15-18,30H2,1-2H3,(H,31,37)(H,34,38);3-8,11-12,21-22,24-26,33H,9-10,13-18,30H2,1-2H3,(H,31,37)(H,34,38);2*1-2H3/t22?,24-,25-,26-;22?,24?,25-,26-;;/m00../s1. The number of hydrogen-bond acceptors (Lipinski definition) is 13. The summed E-state index contributed by atoms with van der Waals surface area (Å²) in [5.41, 5.74) is 18.5. The number of nitrogens with two attached hydrogens (primary N) is 2. The Labute approximate surface area is 478 Å². The van der Waals surface area contributed by atoms with E-state index < -0.39 is 48.3 Å². The van der Waals surface area contributed by atoms with Crippen molar-refractivity contribution in [2.45, 2.75) is 135 Å². The summed E-state index contributed by atoms with van der Waals surface area (Å²) in [6.45, 7) is 14.6. The minimum absolute atomic E-state index is 0.0342. The van der Waals surface area contributed by atoms with Gasteiger partial charge in [-0.05, 0) is 128 Å². The van der Waals surface area contributed by atoms with E-state index in [9.17, 15) is 28.8 Å². The maximum Gasteiger partial charge on any atom is 0.243 e. The molecule has 0 saturated carbocycles. The monoisotopic (exact) mass is 1110 g/mol. The number of aromatic nitrogens is 3. The smallest absolute Gasteiger partial charge is 0.243 e. The maximum atomic E-state index is 13.7. The zero-order valence-corrected chi connectivity index (χ0v) is 48.5. The first-order valence-corrected chi connectivity index (χ1v) is 28.5. The van der Waals surface area contributed by atoms with Gasteiger partial charge in [-0.3, -0.25) is 43.7 Å². The van der Waals surface area contributed by atoms with E-state index in [0.29, 0.717) is 31.1 Å². The average Bonchev–Trinajstić information content (AvgIpc) is 4.39. The van der Waals surface area contributed by atoms with Gasteiger partial charge in [0, 0.05) is 102 Å². The molecule has 436 valence electrons. The second kappa shape index (κ2) is 33.2. The van der Waals surface area contributed by atoms with Crippen molar-refractivity contribution in [3.8, 4) is 5.75 Å². The van der Waals surface area contributed by atoms with E-state index in [0.717, 1.165) is 59.3 Å². The van der Waals surface area contributed by atoms with E-state index in [1.807, 2.05) is 102 Å². The van der Waals surface area contributed by atoms with Crippen LogP contribution in [0.2, 0.25) is 0 Å². The molecule has 2 aromatic carbocycles. The molecule has 81 heavy (non-hydrogen) atoms. The summed E-state index contributed by atoms with van der Waals surface area (Å²) < 4.78 is 6.08. The van der Waals surface area contributed by atoms with E-state index in [4.69, 9.17) is 16.2 Å². The highest BCUT2D eigenvalue weighted by Crippen LogP contribution is 2.35. The fourth-order valence-electron chi connectivity index (χ4n) is 10.7. The summed E-state index contributed by atoms with van der Waals surface area (Å²) >= 11 is 0. The molecule has 3 aliphatic heterocycles. The van der Waals surface area contributed by atoms with E-state index >= 15 is 0 Å². The number of likely N-dealkylation sites (N-methyl/N-ethyl adjacent to an activating group) is 2. The number of benzene rings is 2. The van der Waals surface area contributed by atoms with Crippen LogP contribution in [0.4, 0.5) is 0 Å². The van der Waals surface area contributed by atoms with Crippen LogP contribution in [0, 0.1) is 25.7 Å². The minimum atomic E-state index is -0.823. The highest BCUT2D eigenvalue weighted by atomic mass is 16.5. The van der Waals surface area contributed by atoms with Crippen LogP contribution in [-0.2, 0) is 41.6 Å². The Kier molecular flexibility index (Phi) is 26.3. The van der Waals surface area contributed by atoms with Crippen molar-refractivity contribution in [2.75, 3.05) is 40.3 Å². The van der Waals surface area contributed by atoms with E-state index in [-0.39, 0.29) is 67.7 Å². The number of likely N-dealkylation sites (tertiary alicyclic amines) is 2. The third-order valence-corrected chi connectivity index (χ3v) is 14.9. The van der Waals surface area contributed by atoms with Crippen LogP contribution in [0.5, 0.6) is 5.75 Å². The Hall–Kier alpha value is -7.61. The second-order valence-corrected chi connectivity index (χ2v) is 20.2. The highest BCUT2D eigenvalue weighted by molar-refractivity contribution is 5.94. The first-order valence-electron chi connectivity index (χ1n) is 28.5. The average molecular weight is 1110 g/mol. The Morgan fingerprint density at radius 2 is 0.988 bits per heavy atom. The molecule has 8 atom stereocenters. The van der Waals surface area contributed by atoms with Crippen LogP contribution in [-0.4, -0.2) is 131 Å². The molecule has 3 saturated heterocycles. The molecule has 3 fully saturated rings. The Balaban J connectivity index is 0.000000280. The minimum Gasteiger partial charge on any atom is -0.488 e. The van der Waals surface area contributed by atoms with Gasteiger partial charge in [0.25, 0.3) is 0 Å². The highest BCUT2D eigenvalue weighted by Gasteiger charge is 2.44. The van der Waals surface area contributed by atoms with Crippen molar-refractivity contribution >= 4 is 35.4 Å². The van der Waals surface area contributed by atoms with Crippen molar-refractivity contribution in [1.29, 1.82) is 0 Å². The molecule has 19 nitrogen and oxygen atoms in total. The molecule has 3 unspecified atom stereocenters. The summed E-state index contributed by atoms with van der Waals surface area (Å²) in [6, 6.07) is 22.2. The van der Waals surface area contributed by atoms with Gasteiger partial charge in [0.2, 0.25) is 35.4 Å². The summed E-state index contributed by atoms with van der Waals surface area (Å²) in [7, 11) is 3.07. The van der Waals surface area contributed by atoms with Gasteiger partial charge >= 0.3 is 0 Å². The van der Waals surface area contributed by atoms with Crippen LogP contribution < -0.4 is 42.8 Å². The van der Waals surface area contributed by atoms with Gasteiger partial charge < -0.3 is 52.6 Å². The summed E-state index contributed by atoms with van der Waals surface area (Å²) in [5.74, 6) is -0.393. The SMILES string of the molecule is CC.CC.CNC(=O)[C@H](Cc1ccncc1)NC(=O)[C@@H]1CC(C2CCNCC2)CN1C(=O)CC(N)c1ccccc1C.CNC(=O)[C@H](Cc1ccncc1)NC(=O)[C@@H]1CC(Oc2ccncc2)CN1C(=O)C[C@H](N)c1ccccc1C. The predicted octanol–water partition coefficient (Wildman–Crippen LogP) is 5.22. The van der Waals surface area contributed by atoms with Crippen LogP contribution in [0.1, 0.15) is 112 Å². The number of aryl methyl sites for hydroxylation is 2. The molecule has 5 aromatic rings. The number of amides is 6. The van der Waals surface area contributed by atoms with Gasteiger partial charge in [0.05, 0.1) is 6.54 Å². The van der Waals surface area contributed by atoms with Crippen molar-refractivity contribution in [1.82, 2.24) is 51.3 Å². The maximum absolute atomic E-state index is 13.7. The van der Waals surface area contributed by atoms with Crippen LogP contribution in [0.25, 0.3) is 0 Å². The lowest BCUT2D eigenvalue weighted by atomic mass is 9.83. The molecule has 0 radical (unpaired) electrons. The molecule has 0 bridgehead atoms. The molecular formula is C62H86N12O7. The van der Waals surface area contributed by atoms with Crippen molar-refractivity contribution in [3.63, 3.8) is 0 Å². The number of carbonyl (C=O) groups excluding carboxylic acids is 6. The van der Waals surface area contributed by atoms with Gasteiger partial charge in [0.1, 0.15) is 36.0 Å². The van der Waals surface area contributed by atoms with Crippen molar-refractivity contribution in [2.24, 2.45) is 23.3 Å². The van der Waals surface area contributed by atoms with Gasteiger partial charge in [0.15, 0.2) is 0 Å². The number of ether oxygens (including phenoxy) is 1. The zero-order valence-electron chi connectivity index (χ0n) is 48.5. The molecule has 3 aromatic heterocycles. The van der Waals surface area contributed by atoms with E-state index in [1.54, 1.807) is 73.4 Å². The Morgan fingerprint density at radius 3 is 1.42 bits per heavy atom. The fourth-order valence-corrected chi connectivity index (χ4v) is 10.7. The lowest BCUT2D eigenvalue weighted by Gasteiger charge is -2.28. The number of carbonyl (C=O) groups is 6. The number of hydrogen-bond donors (Lipinski definition) is 7. The molecule has 3 aliphatic rings. The van der Waals surface area contributed by atoms with E-state index in [1.165, 1.54) is 11.9 Å². The third kappa shape index (κ3) is 18.7. The lowest BCUT2D eigenvalue weighted by molar-refractivity contribution is -0.139. The van der Waals surface area contributed by atoms with Crippen molar-refractivity contribution < 1.29 is 33.5 Å². The van der Waals surface area contributed by atoms with E-state index in [2.05, 4.69) is 41.5 Å². The molecule has 0 aliphatic carbocycles. The van der Waals surface area contributed by atoms with Gasteiger partial charge in [-0.15, -0.1) is 0 Å². The molecule has 0 spiro atoms. The largest absolute Gasteiger partial charge is 0.488 e. The number of pyridine rings is 3. The molecule has 9 N–H and O–H groups in total. The lowest BCUT2D eigenvalue weighted by Crippen LogP contribution is -2.53. The van der Waals surface area contributed by atoms with Gasteiger partial charge in [-0.1, -0.05) is 76.2 Å². The quantitative estimate of drug-likeness (QED) is 0.0560. The summed E-state index contributed by atoms with van der Waals surface area (Å²) in [5, 5.41) is 14.5. The normalized spacial score (nSPS) is 19.0. The Bertz CT molecular complexity index is 2750. The third-order valence-electron chi connectivity index (χ3n) is 14.9. The van der Waals surface area contributed by atoms with Crippen LogP contribution >= 0.6 is 0 Å². The van der Waals surface area contributed by atoms with Crippen molar-refractivity contribution in [3.05, 3.63) is 155 Å². The predicted molar refractivity (Wildman–Crippen MR) is 314 cm³/mol. The Morgan fingerprint density at radius 1 is 0.580 bits per heavy atom. The molecule has 19 heteroatoms. The first kappa shape index (κ1) is 64.2. The number of piperidine rings is 1. The fraction of sp³-hybridized carbons (Fsp3) is 0.468.